The van der Waals surface area contributed by atoms with E-state index in [4.69, 9.17) is 10.2 Å². The Kier molecular flexibility index (Phi) is 3.66. The molecule has 0 unspecified atom stereocenters. The Morgan fingerprint density at radius 1 is 1.19 bits per heavy atom. The molecule has 0 aliphatic heterocycles. The summed E-state index contributed by atoms with van der Waals surface area (Å²) in [6.45, 7) is 4.13. The second-order valence-electron chi connectivity index (χ2n) is 4.73. The van der Waals surface area contributed by atoms with E-state index in [9.17, 15) is 0 Å². The van der Waals surface area contributed by atoms with Crippen LogP contribution in [-0.4, -0.2) is 25.2 Å². The molecule has 3 aromatic rings. The van der Waals surface area contributed by atoms with Crippen LogP contribution in [0.5, 0.6) is 0 Å². The van der Waals surface area contributed by atoms with E-state index in [1.807, 2.05) is 30.3 Å². The molecule has 0 aliphatic carbocycles. The topological polar surface area (TPSA) is 82.8 Å². The van der Waals surface area contributed by atoms with Crippen molar-refractivity contribution in [1.82, 2.24) is 20.0 Å². The van der Waals surface area contributed by atoms with Crippen molar-refractivity contribution in [3.05, 3.63) is 36.5 Å². The molecule has 2 N–H and O–H groups in total. The van der Waals surface area contributed by atoms with Gasteiger partial charge in [-0.15, -0.1) is 10.2 Å². The summed E-state index contributed by atoms with van der Waals surface area (Å²) in [5.41, 5.74) is 7.67. The van der Waals surface area contributed by atoms with E-state index < -0.39 is 0 Å². The number of nitrogens with two attached hydrogens (primary N) is 1. The summed E-state index contributed by atoms with van der Waals surface area (Å²) in [6, 6.07) is 9.67. The minimum atomic E-state index is 0.377. The normalized spacial score (nSPS) is 11.2. The van der Waals surface area contributed by atoms with Gasteiger partial charge >= 0.3 is 0 Å². The average Bonchev–Trinajstić information content (AvgIpc) is 3.06. The number of hydrogen-bond acceptors (Lipinski definition) is 6. The molecule has 7 heteroatoms. The Balaban J connectivity index is 1.94. The van der Waals surface area contributed by atoms with E-state index >= 15 is 0 Å². The van der Waals surface area contributed by atoms with Crippen LogP contribution in [-0.2, 0) is 0 Å². The molecule has 3 rings (SSSR count). The van der Waals surface area contributed by atoms with Gasteiger partial charge in [0.05, 0.1) is 11.9 Å². The highest BCUT2D eigenvalue weighted by Gasteiger charge is 2.17. The smallest absolute Gasteiger partial charge is 0.277 e. The fourth-order valence-electron chi connectivity index (χ4n) is 1.87. The molecule has 21 heavy (non-hydrogen) atoms. The highest BCUT2D eigenvalue weighted by molar-refractivity contribution is 7.99. The number of rotatable bonds is 4. The number of para-hydroxylation sites is 1. The van der Waals surface area contributed by atoms with Gasteiger partial charge in [-0.1, -0.05) is 43.8 Å². The Bertz CT molecular complexity index is 735. The van der Waals surface area contributed by atoms with E-state index in [0.717, 1.165) is 5.69 Å². The summed E-state index contributed by atoms with van der Waals surface area (Å²) in [6.07, 6.45) is 1.64. The van der Waals surface area contributed by atoms with Crippen LogP contribution in [0.4, 0.5) is 5.82 Å². The molecule has 0 saturated heterocycles. The van der Waals surface area contributed by atoms with Crippen molar-refractivity contribution in [3.8, 4) is 17.1 Å². The van der Waals surface area contributed by atoms with Gasteiger partial charge in [-0.05, 0) is 12.1 Å². The van der Waals surface area contributed by atoms with Crippen molar-refractivity contribution in [2.24, 2.45) is 0 Å². The highest BCUT2D eigenvalue weighted by atomic mass is 32.2. The summed E-state index contributed by atoms with van der Waals surface area (Å²) < 4.78 is 7.27. The van der Waals surface area contributed by atoms with Gasteiger partial charge in [0.15, 0.2) is 0 Å². The monoisotopic (exact) mass is 301 g/mol. The fraction of sp³-hybridized carbons (Fsp3) is 0.214. The van der Waals surface area contributed by atoms with Crippen LogP contribution in [0.2, 0.25) is 0 Å². The highest BCUT2D eigenvalue weighted by Crippen LogP contribution is 2.29. The second-order valence-corrected chi connectivity index (χ2v) is 6.26. The first-order valence-electron chi connectivity index (χ1n) is 6.54. The summed E-state index contributed by atoms with van der Waals surface area (Å²) in [5, 5.41) is 13.2. The van der Waals surface area contributed by atoms with E-state index in [1.165, 1.54) is 11.8 Å². The largest absolute Gasteiger partial charge is 0.411 e. The Hall–Kier alpha value is -2.28. The van der Waals surface area contributed by atoms with Crippen molar-refractivity contribution >= 4 is 17.6 Å². The number of aromatic nitrogens is 4. The molecule has 0 spiro atoms. The number of thioether (sulfide) groups is 1. The fourth-order valence-corrected chi connectivity index (χ4v) is 2.48. The van der Waals surface area contributed by atoms with Crippen LogP contribution in [0.3, 0.4) is 0 Å². The third-order valence-electron chi connectivity index (χ3n) is 2.78. The van der Waals surface area contributed by atoms with Gasteiger partial charge in [-0.3, -0.25) is 0 Å². The second kappa shape index (κ2) is 5.61. The lowest BCUT2D eigenvalue weighted by atomic mass is 10.3. The zero-order valence-corrected chi connectivity index (χ0v) is 12.5. The van der Waals surface area contributed by atoms with Gasteiger partial charge in [0.1, 0.15) is 11.4 Å². The number of nitrogens with zero attached hydrogens (tertiary/aromatic N) is 4. The molecule has 6 nitrogen and oxygen atoms in total. The third-order valence-corrected chi connectivity index (χ3v) is 3.62. The van der Waals surface area contributed by atoms with Crippen LogP contribution in [0.15, 0.2) is 46.2 Å². The van der Waals surface area contributed by atoms with E-state index in [2.05, 4.69) is 29.1 Å². The molecule has 0 fully saturated rings. The lowest BCUT2D eigenvalue weighted by Gasteiger charge is -2.03. The standard InChI is InChI=1S/C14H15N5OS/c1-9(2)21-14-18-17-13(20-14)11-8-16-19(12(11)15)10-6-4-3-5-7-10/h3-9H,15H2,1-2H3. The molecule has 2 aromatic heterocycles. The van der Waals surface area contributed by atoms with Gasteiger partial charge in [0.25, 0.3) is 11.1 Å². The molecule has 0 bridgehead atoms. The lowest BCUT2D eigenvalue weighted by molar-refractivity contribution is 0.465. The van der Waals surface area contributed by atoms with Gasteiger partial charge < -0.3 is 10.2 Å². The molecule has 0 amide bonds. The average molecular weight is 301 g/mol. The predicted octanol–water partition coefficient (Wildman–Crippen LogP) is 3.01. The first-order valence-corrected chi connectivity index (χ1v) is 7.42. The van der Waals surface area contributed by atoms with Gasteiger partial charge in [-0.25, -0.2) is 4.68 Å². The van der Waals surface area contributed by atoms with Crippen molar-refractivity contribution < 1.29 is 4.42 Å². The maximum Gasteiger partial charge on any atom is 0.277 e. The van der Waals surface area contributed by atoms with Crippen molar-refractivity contribution in [1.29, 1.82) is 0 Å². The minimum Gasteiger partial charge on any atom is -0.411 e. The zero-order valence-electron chi connectivity index (χ0n) is 11.7. The zero-order chi connectivity index (χ0) is 14.8. The quantitative estimate of drug-likeness (QED) is 0.746. The molecular weight excluding hydrogens is 286 g/mol. The van der Waals surface area contributed by atoms with Gasteiger partial charge in [0.2, 0.25) is 0 Å². The lowest BCUT2D eigenvalue weighted by Crippen LogP contribution is -2.01. The molecule has 0 atom stereocenters. The number of nitrogen functional groups attached to an aromatic ring is 1. The number of hydrogen-bond donors (Lipinski definition) is 1. The Morgan fingerprint density at radius 2 is 1.95 bits per heavy atom. The van der Waals surface area contributed by atoms with E-state index in [-0.39, 0.29) is 0 Å². The molecule has 2 heterocycles. The van der Waals surface area contributed by atoms with Crippen LogP contribution < -0.4 is 5.73 Å². The van der Waals surface area contributed by atoms with Gasteiger partial charge in [0, 0.05) is 5.25 Å². The molecule has 0 saturated carbocycles. The molecule has 1 aromatic carbocycles. The molecule has 108 valence electrons. The summed E-state index contributed by atoms with van der Waals surface area (Å²) in [7, 11) is 0. The first kappa shape index (κ1) is 13.7. The molecular formula is C14H15N5OS. The van der Waals surface area contributed by atoms with Crippen molar-refractivity contribution in [2.45, 2.75) is 24.3 Å². The van der Waals surface area contributed by atoms with E-state index in [1.54, 1.807) is 10.9 Å². The van der Waals surface area contributed by atoms with Crippen LogP contribution in [0, 0.1) is 0 Å². The van der Waals surface area contributed by atoms with Crippen LogP contribution in [0.1, 0.15) is 13.8 Å². The van der Waals surface area contributed by atoms with Gasteiger partial charge in [-0.2, -0.15) is 5.10 Å². The minimum absolute atomic E-state index is 0.377. The summed E-state index contributed by atoms with van der Waals surface area (Å²) in [5.74, 6) is 0.865. The molecule has 0 radical (unpaired) electrons. The van der Waals surface area contributed by atoms with Crippen molar-refractivity contribution in [2.75, 3.05) is 5.73 Å². The van der Waals surface area contributed by atoms with Crippen molar-refractivity contribution in [3.63, 3.8) is 0 Å². The molecule has 0 aliphatic rings. The van der Waals surface area contributed by atoms with Crippen LogP contribution >= 0.6 is 11.8 Å². The van der Waals surface area contributed by atoms with Crippen LogP contribution in [0.25, 0.3) is 17.1 Å². The first-order chi connectivity index (χ1) is 10.1. The maximum absolute atomic E-state index is 6.14. The number of benzene rings is 1. The number of anilines is 1. The summed E-state index contributed by atoms with van der Waals surface area (Å²) in [4.78, 5) is 0. The predicted molar refractivity (Wildman–Crippen MR) is 82.3 cm³/mol. The maximum atomic E-state index is 6.14. The third kappa shape index (κ3) is 2.78. The summed E-state index contributed by atoms with van der Waals surface area (Å²) >= 11 is 1.51. The Morgan fingerprint density at radius 3 is 2.67 bits per heavy atom. The SMILES string of the molecule is CC(C)Sc1nnc(-c2cnn(-c3ccccc3)c2N)o1. The Labute approximate surface area is 126 Å². The van der Waals surface area contributed by atoms with E-state index in [0.29, 0.717) is 27.7 Å².